The maximum absolute atomic E-state index is 14.0. The average molecular weight is 377 g/mol. The molecule has 6 nitrogen and oxygen atoms in total. The molecule has 1 aliphatic rings. The van der Waals surface area contributed by atoms with Crippen molar-refractivity contribution in [3.63, 3.8) is 0 Å². The molecular weight excluding hydrogens is 362 g/mol. The summed E-state index contributed by atoms with van der Waals surface area (Å²) in [6, 6.07) is 0.483. The summed E-state index contributed by atoms with van der Waals surface area (Å²) in [5.41, 5.74) is -1.09. The van der Waals surface area contributed by atoms with Crippen molar-refractivity contribution in [1.82, 2.24) is 14.3 Å². The van der Waals surface area contributed by atoms with Crippen LogP contribution >= 0.6 is 11.5 Å². The maximum atomic E-state index is 14.0. The third-order valence-corrected chi connectivity index (χ3v) is 4.54. The van der Waals surface area contributed by atoms with Gasteiger partial charge in [0.1, 0.15) is 6.61 Å². The van der Waals surface area contributed by atoms with E-state index >= 15 is 0 Å². The van der Waals surface area contributed by atoms with Crippen LogP contribution in [0.1, 0.15) is 11.4 Å². The van der Waals surface area contributed by atoms with E-state index in [-0.39, 0.29) is 5.82 Å². The molecule has 25 heavy (non-hydrogen) atoms. The molecule has 0 radical (unpaired) electrons. The number of alkyl halides is 3. The minimum atomic E-state index is -4.61. The van der Waals surface area contributed by atoms with Crippen LogP contribution in [0.3, 0.4) is 0 Å². The van der Waals surface area contributed by atoms with Gasteiger partial charge in [-0.15, -0.1) is 0 Å². The summed E-state index contributed by atoms with van der Waals surface area (Å²) >= 11 is 1.25. The van der Waals surface area contributed by atoms with Crippen LogP contribution in [0, 0.1) is 5.82 Å². The zero-order valence-corrected chi connectivity index (χ0v) is 14.1. The molecule has 136 valence electrons. The van der Waals surface area contributed by atoms with Crippen molar-refractivity contribution < 1.29 is 22.3 Å². The lowest BCUT2D eigenvalue weighted by atomic mass is 10.2. The Morgan fingerprint density at radius 1 is 1.20 bits per heavy atom. The normalized spacial score (nSPS) is 15.7. The minimum Gasteiger partial charge on any atom is -0.377 e. The summed E-state index contributed by atoms with van der Waals surface area (Å²) in [6.45, 7) is 2.27. The van der Waals surface area contributed by atoms with E-state index < -0.39 is 17.6 Å². The van der Waals surface area contributed by atoms with Crippen molar-refractivity contribution in [2.75, 3.05) is 43.1 Å². The Morgan fingerprint density at radius 2 is 1.88 bits per heavy atom. The van der Waals surface area contributed by atoms with Gasteiger partial charge in [0.2, 0.25) is 5.13 Å². The number of methoxy groups -OCH3 is 1. The first-order chi connectivity index (χ1) is 11.9. The van der Waals surface area contributed by atoms with E-state index in [0.717, 1.165) is 5.13 Å². The number of piperazine rings is 1. The lowest BCUT2D eigenvalue weighted by Crippen LogP contribution is -2.47. The predicted molar refractivity (Wildman–Crippen MR) is 84.2 cm³/mol. The van der Waals surface area contributed by atoms with E-state index in [9.17, 15) is 17.6 Å². The highest BCUT2D eigenvalue weighted by atomic mass is 32.1. The summed E-state index contributed by atoms with van der Waals surface area (Å²) in [5.74, 6) is -0.438. The molecule has 0 spiro atoms. The van der Waals surface area contributed by atoms with Gasteiger partial charge in [0.15, 0.2) is 17.5 Å². The zero-order chi connectivity index (χ0) is 18.0. The smallest absolute Gasteiger partial charge is 0.377 e. The van der Waals surface area contributed by atoms with E-state index in [2.05, 4.69) is 14.3 Å². The highest BCUT2D eigenvalue weighted by molar-refractivity contribution is 7.09. The van der Waals surface area contributed by atoms with Crippen LogP contribution in [0.4, 0.5) is 28.5 Å². The number of anilines is 2. The highest BCUT2D eigenvalue weighted by Gasteiger charge is 2.32. The van der Waals surface area contributed by atoms with Crippen molar-refractivity contribution in [3.8, 4) is 0 Å². The second-order valence-electron chi connectivity index (χ2n) is 5.43. The first kappa shape index (κ1) is 17.8. The lowest BCUT2D eigenvalue weighted by Gasteiger charge is -2.35. The molecule has 11 heteroatoms. The fourth-order valence-corrected chi connectivity index (χ4v) is 3.21. The van der Waals surface area contributed by atoms with Crippen molar-refractivity contribution in [1.29, 1.82) is 0 Å². The van der Waals surface area contributed by atoms with Gasteiger partial charge in [-0.1, -0.05) is 0 Å². The van der Waals surface area contributed by atoms with Crippen LogP contribution in [0.25, 0.3) is 0 Å². The highest BCUT2D eigenvalue weighted by Crippen LogP contribution is 2.31. The molecule has 3 rings (SSSR count). The molecule has 0 amide bonds. The topological polar surface area (TPSA) is 54.4 Å². The molecule has 0 unspecified atom stereocenters. The lowest BCUT2D eigenvalue weighted by molar-refractivity contribution is -0.138. The fourth-order valence-electron chi connectivity index (χ4n) is 2.49. The third kappa shape index (κ3) is 3.98. The second-order valence-corrected chi connectivity index (χ2v) is 6.16. The van der Waals surface area contributed by atoms with Crippen molar-refractivity contribution in [2.24, 2.45) is 0 Å². The Hall–Kier alpha value is -2.01. The Labute approximate surface area is 145 Å². The van der Waals surface area contributed by atoms with E-state index in [0.29, 0.717) is 50.9 Å². The van der Waals surface area contributed by atoms with E-state index in [1.54, 1.807) is 12.0 Å². The summed E-state index contributed by atoms with van der Waals surface area (Å²) in [7, 11) is 1.56. The number of hydrogen-bond donors (Lipinski definition) is 0. The molecule has 0 aliphatic carbocycles. The van der Waals surface area contributed by atoms with Crippen molar-refractivity contribution in [3.05, 3.63) is 29.5 Å². The van der Waals surface area contributed by atoms with Gasteiger partial charge in [-0.25, -0.2) is 14.4 Å². The van der Waals surface area contributed by atoms with Gasteiger partial charge in [0, 0.05) is 51.0 Å². The van der Waals surface area contributed by atoms with Crippen LogP contribution in [0.5, 0.6) is 0 Å². The number of pyridine rings is 1. The Kier molecular flexibility index (Phi) is 5.04. The first-order valence-electron chi connectivity index (χ1n) is 7.42. The summed E-state index contributed by atoms with van der Waals surface area (Å²) < 4.78 is 60.9. The molecule has 2 aromatic rings. The van der Waals surface area contributed by atoms with Gasteiger partial charge in [0.25, 0.3) is 0 Å². The van der Waals surface area contributed by atoms with Crippen LogP contribution in [-0.2, 0) is 17.5 Å². The molecule has 0 bridgehead atoms. The van der Waals surface area contributed by atoms with E-state index in [1.165, 1.54) is 11.5 Å². The number of hydrogen-bond acceptors (Lipinski definition) is 7. The number of rotatable bonds is 4. The number of aromatic nitrogens is 3. The molecule has 0 N–H and O–H groups in total. The molecule has 3 heterocycles. The Bertz CT molecular complexity index is 730. The molecule has 1 fully saturated rings. The van der Waals surface area contributed by atoms with Crippen LogP contribution in [0.2, 0.25) is 0 Å². The second kappa shape index (κ2) is 7.08. The first-order valence-corrected chi connectivity index (χ1v) is 8.20. The van der Waals surface area contributed by atoms with Gasteiger partial charge in [-0.2, -0.15) is 17.5 Å². The van der Waals surface area contributed by atoms with Crippen LogP contribution in [0.15, 0.2) is 12.3 Å². The quantitative estimate of drug-likeness (QED) is 0.764. The molecule has 0 saturated carbocycles. The molecular formula is C14H15F4N5OS. The van der Waals surface area contributed by atoms with Gasteiger partial charge in [-0.3, -0.25) is 0 Å². The van der Waals surface area contributed by atoms with Crippen molar-refractivity contribution >= 4 is 22.5 Å². The standard InChI is InChI=1S/C14H15F4N5OS/c1-24-8-11-20-13(25-21-11)23-4-2-22(3-5-23)12-10(15)6-9(7-19-12)14(16,17)18/h6-7H,2-5,8H2,1H3. The monoisotopic (exact) mass is 377 g/mol. The van der Waals surface area contributed by atoms with Crippen LogP contribution < -0.4 is 9.80 Å². The summed E-state index contributed by atoms with van der Waals surface area (Å²) in [5, 5.41) is 0.743. The van der Waals surface area contributed by atoms with Gasteiger partial charge >= 0.3 is 6.18 Å². The van der Waals surface area contributed by atoms with Gasteiger partial charge < -0.3 is 14.5 Å². The SMILES string of the molecule is COCc1nsc(N2CCN(c3ncc(C(F)(F)F)cc3F)CC2)n1. The van der Waals surface area contributed by atoms with Gasteiger partial charge in [-0.05, 0) is 6.07 Å². The zero-order valence-electron chi connectivity index (χ0n) is 13.3. The molecule has 0 aromatic carbocycles. The predicted octanol–water partition coefficient (Wildman–Crippen LogP) is 2.56. The molecule has 1 saturated heterocycles. The number of halogens is 4. The maximum Gasteiger partial charge on any atom is 0.417 e. The summed E-state index contributed by atoms with van der Waals surface area (Å²) in [6.07, 6.45) is -3.95. The third-order valence-electron chi connectivity index (χ3n) is 3.73. The molecule has 0 atom stereocenters. The van der Waals surface area contributed by atoms with Crippen LogP contribution in [-0.4, -0.2) is 47.6 Å². The van der Waals surface area contributed by atoms with E-state index in [4.69, 9.17) is 4.74 Å². The summed E-state index contributed by atoms with van der Waals surface area (Å²) in [4.78, 5) is 11.6. The Morgan fingerprint density at radius 3 is 2.48 bits per heavy atom. The molecule has 1 aliphatic heterocycles. The number of ether oxygens (including phenoxy) is 1. The fraction of sp³-hybridized carbons (Fsp3) is 0.500. The largest absolute Gasteiger partial charge is 0.417 e. The molecule has 2 aromatic heterocycles. The van der Waals surface area contributed by atoms with E-state index in [1.807, 2.05) is 4.90 Å². The number of nitrogens with zero attached hydrogens (tertiary/aromatic N) is 5. The Balaban J connectivity index is 1.65. The van der Waals surface area contributed by atoms with Crippen molar-refractivity contribution in [2.45, 2.75) is 12.8 Å². The minimum absolute atomic E-state index is 0.0648. The average Bonchev–Trinajstić information content (AvgIpc) is 3.03. The van der Waals surface area contributed by atoms with Gasteiger partial charge in [0.05, 0.1) is 5.56 Å².